The molecule has 1 aromatic rings. The number of rotatable bonds is 5. The highest BCUT2D eigenvalue weighted by atomic mass is 16.5. The van der Waals surface area contributed by atoms with Crippen LogP contribution in [0.15, 0.2) is 0 Å². The highest BCUT2D eigenvalue weighted by molar-refractivity contribution is 5.10. The van der Waals surface area contributed by atoms with Crippen LogP contribution in [0.5, 0.6) is 0 Å². The molecule has 118 valence electrons. The van der Waals surface area contributed by atoms with Crippen molar-refractivity contribution in [1.29, 1.82) is 0 Å². The molecule has 2 aliphatic rings. The number of morpholine rings is 1. The molecule has 0 radical (unpaired) electrons. The first-order valence-electron chi connectivity index (χ1n) is 7.66. The van der Waals surface area contributed by atoms with Crippen LogP contribution in [0.3, 0.4) is 0 Å². The molecule has 3 heterocycles. The lowest BCUT2D eigenvalue weighted by molar-refractivity contribution is -0.0403. The van der Waals surface area contributed by atoms with Crippen molar-refractivity contribution < 1.29 is 9.47 Å². The fourth-order valence-electron chi connectivity index (χ4n) is 3.35. The minimum atomic E-state index is -0.126. The number of methoxy groups -OCH3 is 1. The first-order chi connectivity index (χ1) is 10.4. The van der Waals surface area contributed by atoms with E-state index in [-0.39, 0.29) is 5.54 Å². The maximum absolute atomic E-state index is 5.51. The van der Waals surface area contributed by atoms with E-state index < -0.39 is 0 Å². The molecular weight excluding hydrogens is 272 g/mol. The summed E-state index contributed by atoms with van der Waals surface area (Å²) in [4.78, 5) is 2.48. The highest BCUT2D eigenvalue weighted by Crippen LogP contribution is 2.34. The van der Waals surface area contributed by atoms with Gasteiger partial charge in [-0.05, 0) is 29.8 Å². The third-order valence-corrected chi connectivity index (χ3v) is 4.43. The van der Waals surface area contributed by atoms with Gasteiger partial charge < -0.3 is 14.8 Å². The van der Waals surface area contributed by atoms with E-state index in [4.69, 9.17) is 9.47 Å². The van der Waals surface area contributed by atoms with Crippen LogP contribution in [-0.4, -0.2) is 78.2 Å². The smallest absolute Gasteiger partial charge is 0.173 e. The molecule has 0 aromatic carbocycles. The predicted molar refractivity (Wildman–Crippen MR) is 75.9 cm³/mol. The van der Waals surface area contributed by atoms with Crippen molar-refractivity contribution in [3.05, 3.63) is 5.82 Å². The van der Waals surface area contributed by atoms with Gasteiger partial charge in [0.15, 0.2) is 5.82 Å². The molecule has 2 aliphatic heterocycles. The molecule has 0 amide bonds. The zero-order chi connectivity index (χ0) is 14.5. The Morgan fingerprint density at radius 2 is 2.24 bits per heavy atom. The van der Waals surface area contributed by atoms with Crippen molar-refractivity contribution in [2.24, 2.45) is 0 Å². The van der Waals surface area contributed by atoms with E-state index in [0.29, 0.717) is 13.2 Å². The van der Waals surface area contributed by atoms with Crippen LogP contribution in [0.25, 0.3) is 0 Å². The summed E-state index contributed by atoms with van der Waals surface area (Å²) in [5.74, 6) is 0.952. The third-order valence-electron chi connectivity index (χ3n) is 4.43. The van der Waals surface area contributed by atoms with Gasteiger partial charge in [0.2, 0.25) is 0 Å². The zero-order valence-electron chi connectivity index (χ0n) is 12.6. The molecule has 3 rings (SSSR count). The lowest BCUT2D eigenvalue weighted by Gasteiger charge is -2.46. The highest BCUT2D eigenvalue weighted by Gasteiger charge is 2.44. The second-order valence-electron chi connectivity index (χ2n) is 5.63. The fraction of sp³-hybridized carbons (Fsp3) is 0.923. The van der Waals surface area contributed by atoms with Crippen LogP contribution < -0.4 is 5.32 Å². The number of ether oxygens (including phenoxy) is 2. The summed E-state index contributed by atoms with van der Waals surface area (Å²) in [6.07, 6.45) is 2.21. The summed E-state index contributed by atoms with van der Waals surface area (Å²) in [6.45, 7) is 6.67. The minimum absolute atomic E-state index is 0.126. The summed E-state index contributed by atoms with van der Waals surface area (Å²) < 4.78 is 12.6. The Labute approximate surface area is 124 Å². The number of nitrogens with zero attached hydrogens (tertiary/aromatic N) is 5. The van der Waals surface area contributed by atoms with Crippen molar-refractivity contribution in [3.8, 4) is 0 Å². The van der Waals surface area contributed by atoms with Crippen molar-refractivity contribution >= 4 is 0 Å². The second-order valence-corrected chi connectivity index (χ2v) is 5.63. The molecule has 2 fully saturated rings. The maximum atomic E-state index is 5.51. The number of hydrogen-bond donors (Lipinski definition) is 1. The van der Waals surface area contributed by atoms with Crippen LogP contribution in [0, 0.1) is 0 Å². The molecule has 1 atom stereocenters. The van der Waals surface area contributed by atoms with E-state index in [1.807, 2.05) is 4.68 Å². The Morgan fingerprint density at radius 3 is 2.95 bits per heavy atom. The molecule has 21 heavy (non-hydrogen) atoms. The Bertz CT molecular complexity index is 440. The summed E-state index contributed by atoms with van der Waals surface area (Å²) in [6, 6.07) is 0. The van der Waals surface area contributed by atoms with E-state index >= 15 is 0 Å². The number of aromatic nitrogens is 4. The largest absolute Gasteiger partial charge is 0.383 e. The summed E-state index contributed by atoms with van der Waals surface area (Å²) in [5, 5.41) is 16.0. The molecule has 0 spiro atoms. The molecule has 1 unspecified atom stereocenters. The van der Waals surface area contributed by atoms with Crippen molar-refractivity contribution in [1.82, 2.24) is 30.4 Å². The zero-order valence-corrected chi connectivity index (χ0v) is 12.6. The minimum Gasteiger partial charge on any atom is -0.383 e. The first-order valence-corrected chi connectivity index (χ1v) is 7.66. The normalized spacial score (nSPS) is 27.9. The van der Waals surface area contributed by atoms with E-state index in [1.54, 1.807) is 7.11 Å². The van der Waals surface area contributed by atoms with Gasteiger partial charge in [-0.3, -0.25) is 4.90 Å². The molecule has 0 aliphatic carbocycles. The van der Waals surface area contributed by atoms with Crippen molar-refractivity contribution in [3.63, 3.8) is 0 Å². The van der Waals surface area contributed by atoms with E-state index in [9.17, 15) is 0 Å². The average molecular weight is 296 g/mol. The average Bonchev–Trinajstić information content (AvgIpc) is 3.03. The molecule has 0 bridgehead atoms. The van der Waals surface area contributed by atoms with Crippen LogP contribution >= 0.6 is 0 Å². The maximum Gasteiger partial charge on any atom is 0.173 e. The van der Waals surface area contributed by atoms with E-state index in [2.05, 4.69) is 25.7 Å². The quantitative estimate of drug-likeness (QED) is 0.764. The molecular formula is C13H24N6O2. The molecule has 8 nitrogen and oxygen atoms in total. The van der Waals surface area contributed by atoms with Gasteiger partial charge in [0, 0.05) is 26.7 Å². The Kier molecular flexibility index (Phi) is 4.79. The van der Waals surface area contributed by atoms with Crippen molar-refractivity contribution in [2.45, 2.75) is 24.9 Å². The second kappa shape index (κ2) is 6.78. The van der Waals surface area contributed by atoms with Crippen LogP contribution in [0.1, 0.15) is 18.7 Å². The van der Waals surface area contributed by atoms with Crippen LogP contribution in [0.4, 0.5) is 0 Å². The topological polar surface area (TPSA) is 77.3 Å². The Balaban J connectivity index is 1.89. The summed E-state index contributed by atoms with van der Waals surface area (Å²) in [7, 11) is 1.70. The molecule has 2 saturated heterocycles. The van der Waals surface area contributed by atoms with Gasteiger partial charge in [-0.2, -0.15) is 0 Å². The van der Waals surface area contributed by atoms with Gasteiger partial charge in [-0.25, -0.2) is 4.68 Å². The van der Waals surface area contributed by atoms with Crippen LogP contribution in [-0.2, 0) is 21.6 Å². The first kappa shape index (κ1) is 14.8. The number of hydrogen-bond acceptors (Lipinski definition) is 7. The van der Waals surface area contributed by atoms with Gasteiger partial charge in [-0.15, -0.1) is 5.10 Å². The van der Waals surface area contributed by atoms with Gasteiger partial charge in [0.25, 0.3) is 0 Å². The summed E-state index contributed by atoms with van der Waals surface area (Å²) >= 11 is 0. The number of tetrazole rings is 1. The van der Waals surface area contributed by atoms with E-state index in [0.717, 1.165) is 58.1 Å². The van der Waals surface area contributed by atoms with Crippen LogP contribution in [0.2, 0.25) is 0 Å². The van der Waals surface area contributed by atoms with Gasteiger partial charge >= 0.3 is 0 Å². The molecule has 0 saturated carbocycles. The lowest BCUT2D eigenvalue weighted by atomic mass is 9.86. The van der Waals surface area contributed by atoms with Crippen molar-refractivity contribution in [2.75, 3.05) is 53.1 Å². The summed E-state index contributed by atoms with van der Waals surface area (Å²) in [5.41, 5.74) is -0.126. The molecule has 1 N–H and O–H groups in total. The SMILES string of the molecule is COCCn1nnnc1C1(N2CCOCC2)CCCNC1. The number of piperidine rings is 1. The Hall–Kier alpha value is -1.09. The lowest BCUT2D eigenvalue weighted by Crippen LogP contribution is -2.59. The van der Waals surface area contributed by atoms with E-state index in [1.165, 1.54) is 0 Å². The van der Waals surface area contributed by atoms with Gasteiger partial charge in [0.1, 0.15) is 0 Å². The standard InChI is InChI=1S/C13H24N6O2/c1-20-8-7-19-12(15-16-17-19)13(3-2-4-14-11-13)18-5-9-21-10-6-18/h14H,2-11H2,1H3. The van der Waals surface area contributed by atoms with Gasteiger partial charge in [-0.1, -0.05) is 0 Å². The van der Waals surface area contributed by atoms with Gasteiger partial charge in [0.05, 0.1) is 31.9 Å². The molecule has 1 aromatic heterocycles. The molecule has 8 heteroatoms. The fourth-order valence-corrected chi connectivity index (χ4v) is 3.35. The monoisotopic (exact) mass is 296 g/mol. The number of nitrogens with one attached hydrogen (secondary N) is 1. The predicted octanol–water partition coefficient (Wildman–Crippen LogP) is -0.770. The Morgan fingerprint density at radius 1 is 1.38 bits per heavy atom. The third kappa shape index (κ3) is 2.94.